The molecular weight excluding hydrogens is 1370 g/mol. The van der Waals surface area contributed by atoms with Gasteiger partial charge in [0.1, 0.15) is 81.6 Å². The number of carbonyl (C=O) groups is 18. The maximum Gasteiger partial charge on any atom is 0.326 e. The number of rotatable bonds is 50. The van der Waals surface area contributed by atoms with Crippen molar-refractivity contribution in [2.45, 2.75) is 128 Å². The van der Waals surface area contributed by atoms with E-state index in [0.717, 1.165) is 0 Å². The summed E-state index contributed by atoms with van der Waals surface area (Å²) in [6.45, 7) is -6.52. The van der Waals surface area contributed by atoms with Crippen molar-refractivity contribution in [3.05, 3.63) is 60.5 Å². The minimum absolute atomic E-state index is 0.00146. The van der Waals surface area contributed by atoms with Crippen molar-refractivity contribution < 1.29 is 148 Å². The number of hydrogen-bond donors (Lipinski definition) is 18. The second kappa shape index (κ2) is 44.6. The normalized spacial score (nSPS) is 11.9. The highest BCUT2D eigenvalue weighted by Crippen LogP contribution is 2.14. The monoisotopic (exact) mass is 1450 g/mol. The van der Waals surface area contributed by atoms with Gasteiger partial charge in [-0.25, -0.2) is 38.7 Å². The lowest BCUT2D eigenvalue weighted by Gasteiger charge is -2.24. The Balaban J connectivity index is 0.000000762. The fourth-order valence-electron chi connectivity index (χ4n) is 9.13. The van der Waals surface area contributed by atoms with Crippen molar-refractivity contribution in [3.8, 4) is 0 Å². The smallest absolute Gasteiger partial charge is 0.326 e. The molecule has 0 aliphatic heterocycles. The Bertz CT molecular complexity index is 3340. The van der Waals surface area contributed by atoms with Gasteiger partial charge in [0.15, 0.2) is 0 Å². The molecule has 0 fully saturated rings. The SMILES string of the molecule is O=C(O)CC[C@H](NC(=O)N[C@@H](CCCCNC(=O)CN(CC(=O)O)Cc1nccn1CC(=O)O)C(=O)O)C(=O)O.O=C(O)CC[C@H](NC(=O)N[C@@H](CCCCNC(=O)CN(Cc1cccn1CC(=O)N(CC(=O)O)CC(=O)O)Cc1nccn1CC(=O)N(CC(=O)O)CC(=O)O)C(=O)O)C(=O)O. The van der Waals surface area contributed by atoms with E-state index in [1.54, 1.807) is 6.07 Å². The summed E-state index contributed by atoms with van der Waals surface area (Å²) in [5, 5.41) is 123. The maximum atomic E-state index is 13.3. The molecule has 0 saturated carbocycles. The standard InChI is InChI=1S/C35H47N9O18.C22H32N6O12/c45-25(37-8-2-1-5-22(33(58)59)38-35(62)39-23(34(60)61)6-7-28(48)49)14-40(12-21-4-3-10-41(21)15-26(46)43(17-29(50)51)18-30(52)53)13-24-36-9-11-42(24)16-27(47)44(19-31(54)55)20-32(56)57;29-16(10-27(11-18(32)33)9-15-23-7-8-28(15)12-19(34)35)24-6-2-1-3-13(20(36)37)25-22(40)26-14(21(38)39)4-5-17(30)31/h3-4,9-11,22-23H,1-2,5-8,12-20H2,(H,37,45)(H,48,49)(H,50,51)(H,52,53)(H,54,55)(H,56,57)(H,58,59)(H,60,61)(H2,38,39,62);7-8,13-14H,1-6,9-12H2,(H,24,29)(H,30,31)(H,32,33)(H,34,35)(H,36,37)(H,38,39)(H2,25,26,40)/t22-,23-;13-,14-/m00/s1. The number of imidazole rings is 2. The molecule has 0 radical (unpaired) electrons. The number of carbonyl (C=O) groups excluding carboxylic acids is 6. The van der Waals surface area contributed by atoms with Crippen molar-refractivity contribution in [2.75, 3.05) is 58.9 Å². The van der Waals surface area contributed by atoms with E-state index in [4.69, 9.17) is 25.5 Å². The average molecular weight is 1450 g/mol. The van der Waals surface area contributed by atoms with Crippen LogP contribution in [0, 0.1) is 0 Å². The lowest BCUT2D eigenvalue weighted by atomic mass is 10.1. The van der Waals surface area contributed by atoms with Gasteiger partial charge < -0.3 is 117 Å². The molecule has 4 atom stereocenters. The zero-order chi connectivity index (χ0) is 76.8. The molecular formula is C57H79N15O30. The van der Waals surface area contributed by atoms with E-state index in [2.05, 4.69) is 31.2 Å². The van der Waals surface area contributed by atoms with Crippen LogP contribution in [0.1, 0.15) is 81.6 Å². The summed E-state index contributed by atoms with van der Waals surface area (Å²) in [5.41, 5.74) is 0.382. The van der Waals surface area contributed by atoms with E-state index in [0.29, 0.717) is 15.5 Å². The number of unbranched alkanes of at least 4 members (excludes halogenated alkanes) is 2. The van der Waals surface area contributed by atoms with Crippen LogP contribution in [-0.2, 0) is 116 Å². The molecule has 45 nitrogen and oxygen atoms in total. The van der Waals surface area contributed by atoms with Gasteiger partial charge in [0, 0.05) is 69.2 Å². The third kappa shape index (κ3) is 35.8. The van der Waals surface area contributed by atoms with Crippen LogP contribution in [0.3, 0.4) is 0 Å². The molecule has 0 spiro atoms. The highest BCUT2D eigenvalue weighted by molar-refractivity contribution is 5.89. The minimum Gasteiger partial charge on any atom is -0.481 e. The average Bonchev–Trinajstić information content (AvgIpc) is 1.80. The van der Waals surface area contributed by atoms with Crippen molar-refractivity contribution in [2.24, 2.45) is 0 Å². The van der Waals surface area contributed by atoms with E-state index in [1.807, 2.05) is 10.6 Å². The number of carboxylic acids is 12. The Morgan fingerprint density at radius 1 is 0.373 bits per heavy atom. The Morgan fingerprint density at radius 2 is 0.725 bits per heavy atom. The zero-order valence-electron chi connectivity index (χ0n) is 54.3. The van der Waals surface area contributed by atoms with Gasteiger partial charge in [-0.3, -0.25) is 67.3 Å². The largest absolute Gasteiger partial charge is 0.481 e. The van der Waals surface area contributed by atoms with E-state index in [-0.39, 0.29) is 103 Å². The number of nitrogens with zero attached hydrogens (tertiary/aromatic N) is 9. The predicted octanol–water partition coefficient (Wildman–Crippen LogP) is -4.75. The number of urea groups is 2. The van der Waals surface area contributed by atoms with Gasteiger partial charge in [0.05, 0.1) is 32.7 Å². The molecule has 3 heterocycles. The van der Waals surface area contributed by atoms with Crippen molar-refractivity contribution in [1.82, 2.24) is 75.2 Å². The molecule has 45 heteroatoms. The zero-order valence-corrected chi connectivity index (χ0v) is 54.3. The summed E-state index contributed by atoms with van der Waals surface area (Å²) in [4.78, 5) is 223. The Kier molecular flexibility index (Phi) is 37.5. The van der Waals surface area contributed by atoms with Crippen LogP contribution in [0.5, 0.6) is 0 Å². The Labute approximate surface area is 575 Å². The second-order valence-corrected chi connectivity index (χ2v) is 22.1. The summed E-state index contributed by atoms with van der Waals surface area (Å²) >= 11 is 0. The summed E-state index contributed by atoms with van der Waals surface area (Å²) in [6.07, 6.45) is 5.57. The first-order chi connectivity index (χ1) is 47.9. The number of aromatic nitrogens is 5. The number of hydrogen-bond acceptors (Lipinski definition) is 22. The summed E-state index contributed by atoms with van der Waals surface area (Å²) in [6, 6.07) is -5.14. The van der Waals surface area contributed by atoms with Crippen LogP contribution >= 0.6 is 0 Å². The summed E-state index contributed by atoms with van der Waals surface area (Å²) < 4.78 is 3.99. The van der Waals surface area contributed by atoms with Crippen LogP contribution in [0.2, 0.25) is 0 Å². The second-order valence-electron chi connectivity index (χ2n) is 22.1. The summed E-state index contributed by atoms with van der Waals surface area (Å²) in [7, 11) is 0. The topological polar surface area (TPSA) is 676 Å². The van der Waals surface area contributed by atoms with Gasteiger partial charge >= 0.3 is 83.7 Å². The fraction of sp³-hybridized carbons (Fsp3) is 0.509. The quantitative estimate of drug-likeness (QED) is 0.0236. The molecule has 18 N–H and O–H groups in total. The van der Waals surface area contributed by atoms with Gasteiger partial charge in [-0.05, 0) is 63.5 Å². The van der Waals surface area contributed by atoms with E-state index in [1.165, 1.54) is 60.6 Å². The molecule has 0 aliphatic rings. The first-order valence-electron chi connectivity index (χ1n) is 30.4. The van der Waals surface area contributed by atoms with Crippen LogP contribution < -0.4 is 31.9 Å². The van der Waals surface area contributed by atoms with Gasteiger partial charge in [0.2, 0.25) is 23.6 Å². The van der Waals surface area contributed by atoms with Crippen LogP contribution in [0.15, 0.2) is 43.1 Å². The minimum atomic E-state index is -1.60. The molecule has 0 saturated heterocycles. The van der Waals surface area contributed by atoms with Crippen molar-refractivity contribution in [3.63, 3.8) is 0 Å². The van der Waals surface area contributed by atoms with Crippen molar-refractivity contribution in [1.29, 1.82) is 0 Å². The number of amides is 8. The first-order valence-corrected chi connectivity index (χ1v) is 30.4. The fourth-order valence-corrected chi connectivity index (χ4v) is 9.13. The van der Waals surface area contributed by atoms with Gasteiger partial charge in [0.25, 0.3) is 0 Å². The predicted molar refractivity (Wildman–Crippen MR) is 334 cm³/mol. The number of aliphatic carboxylic acids is 12. The van der Waals surface area contributed by atoms with Crippen LogP contribution in [0.25, 0.3) is 0 Å². The first kappa shape index (κ1) is 85.8. The van der Waals surface area contributed by atoms with E-state index < -0.39 is 203 Å². The third-order valence-corrected chi connectivity index (χ3v) is 13.9. The molecule has 0 aliphatic carbocycles. The van der Waals surface area contributed by atoms with Crippen LogP contribution in [-0.4, -0.2) is 295 Å². The maximum absolute atomic E-state index is 13.3. The highest BCUT2D eigenvalue weighted by atomic mass is 16.4. The molecule has 102 heavy (non-hydrogen) atoms. The van der Waals surface area contributed by atoms with Gasteiger partial charge in [-0.15, -0.1) is 0 Å². The molecule has 8 amide bonds. The third-order valence-electron chi connectivity index (χ3n) is 13.9. The molecule has 0 aromatic carbocycles. The molecule has 3 aromatic rings. The Hall–Kier alpha value is -12.3. The molecule has 3 rings (SSSR count). The van der Waals surface area contributed by atoms with Crippen LogP contribution in [0.4, 0.5) is 9.59 Å². The van der Waals surface area contributed by atoms with Gasteiger partial charge in [-0.2, -0.15) is 0 Å². The number of nitrogens with one attached hydrogen (secondary N) is 6. The molecule has 562 valence electrons. The van der Waals surface area contributed by atoms with E-state index in [9.17, 15) is 122 Å². The van der Waals surface area contributed by atoms with Crippen molar-refractivity contribution >= 4 is 107 Å². The van der Waals surface area contributed by atoms with Gasteiger partial charge in [-0.1, -0.05) is 0 Å². The van der Waals surface area contributed by atoms with E-state index >= 15 is 0 Å². The molecule has 3 aromatic heterocycles. The lowest BCUT2D eigenvalue weighted by molar-refractivity contribution is -0.150. The highest BCUT2D eigenvalue weighted by Gasteiger charge is 2.29. The lowest BCUT2D eigenvalue weighted by Crippen LogP contribution is -2.51. The Morgan fingerprint density at radius 3 is 1.09 bits per heavy atom. The number of carboxylic acid groups (broad SMARTS) is 12. The molecule has 0 bridgehead atoms. The molecule has 0 unspecified atom stereocenters. The summed E-state index contributed by atoms with van der Waals surface area (Å²) in [5.74, 6) is -19.0.